The zero-order chi connectivity index (χ0) is 13.0. The summed E-state index contributed by atoms with van der Waals surface area (Å²) in [6.45, 7) is 0. The predicted octanol–water partition coefficient (Wildman–Crippen LogP) is 4.68. The molecule has 0 radical (unpaired) electrons. The van der Waals surface area contributed by atoms with E-state index in [0.29, 0.717) is 10.6 Å². The topological polar surface area (TPSA) is 35.8 Å². The molecule has 2 aromatic carbocycles. The molecule has 0 aromatic heterocycles. The third-order valence-electron chi connectivity index (χ3n) is 2.48. The van der Waals surface area contributed by atoms with Gasteiger partial charge in [-0.15, -0.1) is 11.8 Å². The van der Waals surface area contributed by atoms with Crippen LogP contribution in [0.2, 0.25) is 5.02 Å². The number of hydrogen-bond donors (Lipinski definition) is 1. The quantitative estimate of drug-likeness (QED) is 0.826. The fraction of sp³-hybridized carbons (Fsp3) is 0.0714. The zero-order valence-electron chi connectivity index (χ0n) is 9.77. The van der Waals surface area contributed by atoms with Crippen LogP contribution in [0.1, 0.15) is 5.56 Å². The van der Waals surface area contributed by atoms with Crippen LogP contribution in [0.4, 0.5) is 11.4 Å². The van der Waals surface area contributed by atoms with Crippen LogP contribution in [-0.2, 0) is 0 Å². The van der Waals surface area contributed by atoms with Crippen molar-refractivity contribution in [1.29, 1.82) is 5.26 Å². The first-order valence-electron chi connectivity index (χ1n) is 5.34. The molecular formula is C14H11ClN2S. The lowest BCUT2D eigenvalue weighted by Crippen LogP contribution is -1.92. The monoisotopic (exact) mass is 274 g/mol. The van der Waals surface area contributed by atoms with Crippen LogP contribution in [-0.4, -0.2) is 6.26 Å². The van der Waals surface area contributed by atoms with E-state index in [1.165, 1.54) is 0 Å². The van der Waals surface area contributed by atoms with E-state index in [4.69, 9.17) is 16.9 Å². The van der Waals surface area contributed by atoms with Gasteiger partial charge in [0.1, 0.15) is 6.07 Å². The van der Waals surface area contributed by atoms with Crippen LogP contribution in [0.3, 0.4) is 0 Å². The normalized spacial score (nSPS) is 9.83. The highest BCUT2D eigenvalue weighted by molar-refractivity contribution is 7.98. The lowest BCUT2D eigenvalue weighted by Gasteiger charge is -2.10. The molecule has 1 N–H and O–H groups in total. The first-order valence-corrected chi connectivity index (χ1v) is 6.94. The minimum absolute atomic E-state index is 0.462. The van der Waals surface area contributed by atoms with Crippen molar-refractivity contribution < 1.29 is 0 Å². The number of benzene rings is 2. The summed E-state index contributed by atoms with van der Waals surface area (Å²) in [6, 6.07) is 15.4. The summed E-state index contributed by atoms with van der Waals surface area (Å²) in [5, 5.41) is 12.6. The van der Waals surface area contributed by atoms with Gasteiger partial charge in [0.25, 0.3) is 0 Å². The Morgan fingerprint density at radius 2 is 2.00 bits per heavy atom. The molecule has 0 aliphatic heterocycles. The molecule has 18 heavy (non-hydrogen) atoms. The summed E-state index contributed by atoms with van der Waals surface area (Å²) in [5.41, 5.74) is 2.40. The minimum atomic E-state index is 0.462. The van der Waals surface area contributed by atoms with E-state index < -0.39 is 0 Å². The van der Waals surface area contributed by atoms with Crippen molar-refractivity contribution in [2.75, 3.05) is 11.6 Å². The Morgan fingerprint density at radius 1 is 1.22 bits per heavy atom. The van der Waals surface area contributed by atoms with Crippen LogP contribution < -0.4 is 5.32 Å². The van der Waals surface area contributed by atoms with Crippen molar-refractivity contribution in [3.8, 4) is 6.07 Å². The van der Waals surface area contributed by atoms with E-state index in [-0.39, 0.29) is 0 Å². The van der Waals surface area contributed by atoms with Crippen LogP contribution >= 0.6 is 23.4 Å². The summed E-state index contributed by atoms with van der Waals surface area (Å²) in [5.74, 6) is 0. The Balaban J connectivity index is 2.29. The molecule has 4 heteroatoms. The molecule has 2 rings (SSSR count). The lowest BCUT2D eigenvalue weighted by molar-refractivity contribution is 1.41. The molecule has 0 saturated heterocycles. The third-order valence-corrected chi connectivity index (χ3v) is 3.58. The first kappa shape index (κ1) is 12.8. The zero-order valence-corrected chi connectivity index (χ0v) is 11.3. The van der Waals surface area contributed by atoms with Crippen LogP contribution in [0, 0.1) is 11.3 Å². The predicted molar refractivity (Wildman–Crippen MR) is 77.7 cm³/mol. The number of hydrogen-bond acceptors (Lipinski definition) is 3. The second-order valence-electron chi connectivity index (χ2n) is 3.63. The van der Waals surface area contributed by atoms with E-state index in [9.17, 15) is 0 Å². The van der Waals surface area contributed by atoms with Crippen molar-refractivity contribution in [2.24, 2.45) is 0 Å². The summed E-state index contributed by atoms with van der Waals surface area (Å²) in [6.07, 6.45) is 2.03. The molecule has 0 bridgehead atoms. The van der Waals surface area contributed by atoms with Crippen molar-refractivity contribution in [3.05, 3.63) is 53.1 Å². The molecule has 0 fully saturated rings. The fourth-order valence-electron chi connectivity index (χ4n) is 1.59. The van der Waals surface area contributed by atoms with Gasteiger partial charge < -0.3 is 5.32 Å². The maximum Gasteiger partial charge on any atom is 0.101 e. The standard InChI is InChI=1S/C14H11ClN2S/c1-18-14-5-3-2-4-13(14)17-11-7-6-10(9-16)12(15)8-11/h2-8,17H,1H3. The molecule has 2 aromatic rings. The molecule has 0 unspecified atom stereocenters. The smallest absolute Gasteiger partial charge is 0.101 e. The van der Waals surface area contributed by atoms with E-state index >= 15 is 0 Å². The SMILES string of the molecule is CSc1ccccc1Nc1ccc(C#N)c(Cl)c1. The summed E-state index contributed by atoms with van der Waals surface area (Å²) < 4.78 is 0. The van der Waals surface area contributed by atoms with Gasteiger partial charge in [-0.3, -0.25) is 0 Å². The molecule has 0 spiro atoms. The number of anilines is 2. The van der Waals surface area contributed by atoms with E-state index in [0.717, 1.165) is 16.3 Å². The molecule has 90 valence electrons. The molecule has 2 nitrogen and oxygen atoms in total. The average molecular weight is 275 g/mol. The third kappa shape index (κ3) is 2.79. The Bertz CT molecular complexity index is 605. The van der Waals surface area contributed by atoms with Gasteiger partial charge in [0.05, 0.1) is 16.3 Å². The second kappa shape index (κ2) is 5.81. The largest absolute Gasteiger partial charge is 0.355 e. The Morgan fingerprint density at radius 3 is 2.67 bits per heavy atom. The average Bonchev–Trinajstić information content (AvgIpc) is 2.39. The van der Waals surface area contributed by atoms with E-state index in [1.807, 2.05) is 36.6 Å². The van der Waals surface area contributed by atoms with Gasteiger partial charge in [-0.05, 0) is 36.6 Å². The summed E-state index contributed by atoms with van der Waals surface area (Å²) >= 11 is 7.68. The van der Waals surface area contributed by atoms with E-state index in [1.54, 1.807) is 23.9 Å². The lowest BCUT2D eigenvalue weighted by atomic mass is 10.2. The van der Waals surface area contributed by atoms with Crippen molar-refractivity contribution in [1.82, 2.24) is 0 Å². The number of nitriles is 1. The Hall–Kier alpha value is -1.63. The number of halogens is 1. The maximum absolute atomic E-state index is 8.82. The Kier molecular flexibility index (Phi) is 4.14. The summed E-state index contributed by atoms with van der Waals surface area (Å²) in [7, 11) is 0. The minimum Gasteiger partial charge on any atom is -0.355 e. The number of thioether (sulfide) groups is 1. The molecular weight excluding hydrogens is 264 g/mol. The van der Waals surface area contributed by atoms with Crippen LogP contribution in [0.5, 0.6) is 0 Å². The molecule has 0 atom stereocenters. The highest BCUT2D eigenvalue weighted by Gasteiger charge is 2.03. The van der Waals surface area contributed by atoms with Crippen molar-refractivity contribution in [2.45, 2.75) is 4.90 Å². The van der Waals surface area contributed by atoms with Gasteiger partial charge in [-0.1, -0.05) is 23.7 Å². The van der Waals surface area contributed by atoms with Gasteiger partial charge in [0.2, 0.25) is 0 Å². The van der Waals surface area contributed by atoms with Gasteiger partial charge >= 0.3 is 0 Å². The number of rotatable bonds is 3. The molecule has 0 amide bonds. The van der Waals surface area contributed by atoms with Gasteiger partial charge in [-0.2, -0.15) is 5.26 Å². The number of para-hydroxylation sites is 1. The van der Waals surface area contributed by atoms with Crippen molar-refractivity contribution in [3.63, 3.8) is 0 Å². The fourth-order valence-corrected chi connectivity index (χ4v) is 2.36. The maximum atomic E-state index is 8.82. The summed E-state index contributed by atoms with van der Waals surface area (Å²) in [4.78, 5) is 1.16. The number of nitrogens with one attached hydrogen (secondary N) is 1. The molecule has 0 aliphatic rings. The molecule has 0 saturated carbocycles. The Labute approximate surface area is 116 Å². The van der Waals surface area contributed by atoms with Crippen LogP contribution in [0.25, 0.3) is 0 Å². The van der Waals surface area contributed by atoms with Gasteiger partial charge in [0, 0.05) is 10.6 Å². The second-order valence-corrected chi connectivity index (χ2v) is 4.89. The highest BCUT2D eigenvalue weighted by atomic mass is 35.5. The van der Waals surface area contributed by atoms with Gasteiger partial charge in [-0.25, -0.2) is 0 Å². The molecule has 0 heterocycles. The van der Waals surface area contributed by atoms with Crippen LogP contribution in [0.15, 0.2) is 47.4 Å². The number of nitrogens with zero attached hydrogens (tertiary/aromatic N) is 1. The van der Waals surface area contributed by atoms with Crippen molar-refractivity contribution >= 4 is 34.7 Å². The highest BCUT2D eigenvalue weighted by Crippen LogP contribution is 2.29. The van der Waals surface area contributed by atoms with E-state index in [2.05, 4.69) is 11.4 Å². The van der Waals surface area contributed by atoms with Gasteiger partial charge in [0.15, 0.2) is 0 Å². The molecule has 0 aliphatic carbocycles. The first-order chi connectivity index (χ1) is 8.74.